The standard InChI is InChI=1S/C15H24N4O3/c1-11-9-18(10-13(11)17(2)3)15(21)12-5-6-14(20)19(16-12)7-8-22-4/h5-6,11,13H,7-10H2,1-4H3/t11-,13-/m1/s1. The summed E-state index contributed by atoms with van der Waals surface area (Å²) in [7, 11) is 5.61. The van der Waals surface area contributed by atoms with E-state index in [1.807, 2.05) is 19.0 Å². The van der Waals surface area contributed by atoms with Crippen LogP contribution in [0.5, 0.6) is 0 Å². The van der Waals surface area contributed by atoms with Crippen LogP contribution in [0, 0.1) is 5.92 Å². The summed E-state index contributed by atoms with van der Waals surface area (Å²) in [4.78, 5) is 28.3. The highest BCUT2D eigenvalue weighted by Gasteiger charge is 2.34. The molecule has 2 rings (SSSR count). The molecule has 2 heterocycles. The predicted octanol–water partition coefficient (Wildman–Crippen LogP) is -0.0882. The molecule has 1 aromatic rings. The van der Waals surface area contributed by atoms with E-state index in [0.29, 0.717) is 43.9 Å². The van der Waals surface area contributed by atoms with Crippen LogP contribution in [0.2, 0.25) is 0 Å². The summed E-state index contributed by atoms with van der Waals surface area (Å²) in [6.45, 7) is 4.26. The van der Waals surface area contributed by atoms with Gasteiger partial charge in [0.2, 0.25) is 0 Å². The number of ether oxygens (including phenoxy) is 1. The van der Waals surface area contributed by atoms with Crippen molar-refractivity contribution < 1.29 is 9.53 Å². The highest BCUT2D eigenvalue weighted by molar-refractivity contribution is 5.92. The molecule has 1 aromatic heterocycles. The molecule has 1 saturated heterocycles. The largest absolute Gasteiger partial charge is 0.383 e. The van der Waals surface area contributed by atoms with E-state index in [1.165, 1.54) is 16.8 Å². The van der Waals surface area contributed by atoms with E-state index >= 15 is 0 Å². The number of carbonyl (C=O) groups is 1. The SMILES string of the molecule is COCCn1nc(C(=O)N2C[C@@H](C)[C@H](N(C)C)C2)ccc1=O. The van der Waals surface area contributed by atoms with Crippen molar-refractivity contribution in [2.24, 2.45) is 5.92 Å². The van der Waals surface area contributed by atoms with Crippen molar-refractivity contribution in [2.45, 2.75) is 19.5 Å². The lowest BCUT2D eigenvalue weighted by molar-refractivity contribution is 0.0771. The topological polar surface area (TPSA) is 67.7 Å². The minimum atomic E-state index is -0.227. The van der Waals surface area contributed by atoms with Crippen LogP contribution in [0.25, 0.3) is 0 Å². The number of aromatic nitrogens is 2. The monoisotopic (exact) mass is 308 g/mol. The third kappa shape index (κ3) is 3.53. The minimum Gasteiger partial charge on any atom is -0.383 e. The van der Waals surface area contributed by atoms with E-state index in [1.54, 1.807) is 7.11 Å². The zero-order valence-electron chi connectivity index (χ0n) is 13.7. The van der Waals surface area contributed by atoms with E-state index < -0.39 is 0 Å². The van der Waals surface area contributed by atoms with E-state index in [4.69, 9.17) is 4.74 Å². The van der Waals surface area contributed by atoms with Crippen LogP contribution < -0.4 is 5.56 Å². The molecule has 0 N–H and O–H groups in total. The number of rotatable bonds is 5. The molecule has 1 aliphatic heterocycles. The second-order valence-corrected chi connectivity index (χ2v) is 5.99. The molecule has 0 radical (unpaired) electrons. The number of methoxy groups -OCH3 is 1. The highest BCUT2D eigenvalue weighted by Crippen LogP contribution is 2.21. The van der Waals surface area contributed by atoms with Gasteiger partial charge in [-0.15, -0.1) is 0 Å². The second kappa shape index (κ2) is 7.02. The summed E-state index contributed by atoms with van der Waals surface area (Å²) < 4.78 is 6.23. The number of hydrogen-bond donors (Lipinski definition) is 0. The van der Waals surface area contributed by atoms with Crippen LogP contribution in [0.3, 0.4) is 0 Å². The molecule has 2 atom stereocenters. The summed E-state index contributed by atoms with van der Waals surface area (Å²) in [6.07, 6.45) is 0. The number of nitrogens with zero attached hydrogens (tertiary/aromatic N) is 4. The van der Waals surface area contributed by atoms with Gasteiger partial charge in [-0.3, -0.25) is 9.59 Å². The first-order valence-corrected chi connectivity index (χ1v) is 7.47. The second-order valence-electron chi connectivity index (χ2n) is 5.99. The summed E-state index contributed by atoms with van der Waals surface area (Å²) in [5, 5.41) is 4.17. The first kappa shape index (κ1) is 16.6. The Morgan fingerprint density at radius 1 is 1.41 bits per heavy atom. The fraction of sp³-hybridized carbons (Fsp3) is 0.667. The van der Waals surface area contributed by atoms with Gasteiger partial charge < -0.3 is 14.5 Å². The maximum atomic E-state index is 12.6. The maximum Gasteiger partial charge on any atom is 0.274 e. The summed E-state index contributed by atoms with van der Waals surface area (Å²) in [6, 6.07) is 3.24. The number of amides is 1. The number of carbonyl (C=O) groups excluding carboxylic acids is 1. The summed E-state index contributed by atoms with van der Waals surface area (Å²) >= 11 is 0. The third-order valence-corrected chi connectivity index (χ3v) is 4.12. The Balaban J connectivity index is 2.15. The van der Waals surface area contributed by atoms with Crippen molar-refractivity contribution in [1.82, 2.24) is 19.6 Å². The van der Waals surface area contributed by atoms with E-state index in [0.717, 1.165) is 0 Å². The Morgan fingerprint density at radius 2 is 2.14 bits per heavy atom. The number of likely N-dealkylation sites (tertiary alicyclic amines) is 1. The number of likely N-dealkylation sites (N-methyl/N-ethyl adjacent to an activating group) is 1. The third-order valence-electron chi connectivity index (χ3n) is 4.12. The fourth-order valence-corrected chi connectivity index (χ4v) is 2.85. The van der Waals surface area contributed by atoms with Crippen molar-refractivity contribution in [3.8, 4) is 0 Å². The van der Waals surface area contributed by atoms with Gasteiger partial charge in [0.15, 0.2) is 0 Å². The van der Waals surface area contributed by atoms with E-state index in [2.05, 4.69) is 16.9 Å². The molecule has 7 heteroatoms. The van der Waals surface area contributed by atoms with Crippen LogP contribution in [-0.2, 0) is 11.3 Å². The van der Waals surface area contributed by atoms with Crippen LogP contribution in [0.15, 0.2) is 16.9 Å². The fourth-order valence-electron chi connectivity index (χ4n) is 2.85. The summed E-state index contributed by atoms with van der Waals surface area (Å²) in [5.41, 5.74) is 0.0804. The number of hydrogen-bond acceptors (Lipinski definition) is 5. The molecule has 0 spiro atoms. The van der Waals surface area contributed by atoms with Crippen molar-refractivity contribution in [1.29, 1.82) is 0 Å². The van der Waals surface area contributed by atoms with Crippen molar-refractivity contribution in [2.75, 3.05) is 40.9 Å². The summed E-state index contributed by atoms with van der Waals surface area (Å²) in [5.74, 6) is 0.292. The lowest BCUT2D eigenvalue weighted by atomic mass is 10.1. The minimum absolute atomic E-state index is 0.123. The van der Waals surface area contributed by atoms with Gasteiger partial charge in [0.1, 0.15) is 5.69 Å². The molecular weight excluding hydrogens is 284 g/mol. The molecule has 122 valence electrons. The Kier molecular flexibility index (Phi) is 5.31. The van der Waals surface area contributed by atoms with Gasteiger partial charge in [0.05, 0.1) is 13.2 Å². The normalized spacial score (nSPS) is 21.6. The van der Waals surface area contributed by atoms with Gasteiger partial charge in [0.25, 0.3) is 11.5 Å². The van der Waals surface area contributed by atoms with Gasteiger partial charge in [-0.05, 0) is 26.1 Å². The van der Waals surface area contributed by atoms with Crippen LogP contribution in [0.1, 0.15) is 17.4 Å². The quantitative estimate of drug-likeness (QED) is 0.760. The van der Waals surface area contributed by atoms with E-state index in [9.17, 15) is 9.59 Å². The molecule has 0 aliphatic carbocycles. The van der Waals surface area contributed by atoms with Gasteiger partial charge >= 0.3 is 0 Å². The highest BCUT2D eigenvalue weighted by atomic mass is 16.5. The molecule has 22 heavy (non-hydrogen) atoms. The van der Waals surface area contributed by atoms with Crippen molar-refractivity contribution in [3.05, 3.63) is 28.2 Å². The Labute approximate surface area is 130 Å². The van der Waals surface area contributed by atoms with Crippen LogP contribution in [-0.4, -0.2) is 72.4 Å². The molecule has 1 aliphatic rings. The van der Waals surface area contributed by atoms with Crippen molar-refractivity contribution >= 4 is 5.91 Å². The molecule has 0 saturated carbocycles. The first-order valence-electron chi connectivity index (χ1n) is 7.47. The molecule has 1 amide bonds. The van der Waals surface area contributed by atoms with Crippen LogP contribution in [0.4, 0.5) is 0 Å². The Hall–Kier alpha value is -1.73. The maximum absolute atomic E-state index is 12.6. The predicted molar refractivity (Wildman–Crippen MR) is 82.9 cm³/mol. The van der Waals surface area contributed by atoms with Gasteiger partial charge in [-0.1, -0.05) is 6.92 Å². The van der Waals surface area contributed by atoms with E-state index in [-0.39, 0.29) is 11.5 Å². The lowest BCUT2D eigenvalue weighted by Crippen LogP contribution is -2.36. The zero-order chi connectivity index (χ0) is 16.3. The zero-order valence-corrected chi connectivity index (χ0v) is 13.7. The molecule has 7 nitrogen and oxygen atoms in total. The Morgan fingerprint density at radius 3 is 2.73 bits per heavy atom. The molecule has 1 fully saturated rings. The van der Waals surface area contributed by atoms with Gasteiger partial charge in [-0.25, -0.2) is 4.68 Å². The van der Waals surface area contributed by atoms with Crippen molar-refractivity contribution in [3.63, 3.8) is 0 Å². The average molecular weight is 308 g/mol. The molecule has 0 aromatic carbocycles. The van der Waals surface area contributed by atoms with Crippen LogP contribution >= 0.6 is 0 Å². The first-order chi connectivity index (χ1) is 10.4. The average Bonchev–Trinajstić information content (AvgIpc) is 2.88. The molecule has 0 unspecified atom stereocenters. The van der Waals surface area contributed by atoms with Gasteiger partial charge in [-0.2, -0.15) is 5.10 Å². The molecule has 0 bridgehead atoms. The van der Waals surface area contributed by atoms with Gasteiger partial charge in [0, 0.05) is 32.3 Å². The molecular formula is C15H24N4O3. The lowest BCUT2D eigenvalue weighted by Gasteiger charge is -2.22. The Bertz CT molecular complexity index is 584. The smallest absolute Gasteiger partial charge is 0.274 e.